The maximum atomic E-state index is 13.1. The highest BCUT2D eigenvalue weighted by Crippen LogP contribution is 2.41. The third-order valence-electron chi connectivity index (χ3n) is 5.16. The van der Waals surface area contributed by atoms with Crippen LogP contribution >= 0.6 is 39.9 Å². The minimum atomic E-state index is -4.74. The van der Waals surface area contributed by atoms with Gasteiger partial charge in [-0.1, -0.05) is 30.0 Å². The molecule has 1 saturated heterocycles. The summed E-state index contributed by atoms with van der Waals surface area (Å²) in [6.45, 7) is 2.39. The third-order valence-corrected chi connectivity index (χ3v) is 7.08. The number of ether oxygens (including phenoxy) is 2. The molecule has 4 rings (SSSR count). The number of anilines is 1. The van der Waals surface area contributed by atoms with Crippen LogP contribution in [0, 0.1) is 10.1 Å². The van der Waals surface area contributed by atoms with Crippen LogP contribution in [0.1, 0.15) is 18.1 Å². The van der Waals surface area contributed by atoms with Crippen LogP contribution in [0.15, 0.2) is 70.0 Å². The van der Waals surface area contributed by atoms with Gasteiger partial charge in [-0.05, 0) is 83.0 Å². The van der Waals surface area contributed by atoms with Crippen LogP contribution in [0.4, 0.5) is 24.5 Å². The molecule has 0 aliphatic carbocycles. The highest BCUT2D eigenvalue weighted by atomic mass is 79.9. The Morgan fingerprint density at radius 3 is 2.39 bits per heavy atom. The molecule has 0 unspecified atom stereocenters. The molecule has 0 aromatic heterocycles. The van der Waals surface area contributed by atoms with Gasteiger partial charge in [0.1, 0.15) is 11.5 Å². The Kier molecular flexibility index (Phi) is 8.09. The molecule has 0 N–H and O–H groups in total. The molecule has 38 heavy (non-hydrogen) atoms. The normalized spacial score (nSPS) is 14.8. The van der Waals surface area contributed by atoms with Crippen LogP contribution in [0.5, 0.6) is 17.2 Å². The minimum Gasteiger partial charge on any atom is -0.494 e. The molecular formula is C25H16BrF3N2O5S2. The zero-order valence-corrected chi connectivity index (χ0v) is 22.5. The number of benzene rings is 3. The van der Waals surface area contributed by atoms with Gasteiger partial charge in [-0.25, -0.2) is 0 Å². The van der Waals surface area contributed by atoms with Crippen LogP contribution < -0.4 is 14.4 Å². The van der Waals surface area contributed by atoms with Crippen molar-refractivity contribution in [3.63, 3.8) is 0 Å². The number of amides is 1. The van der Waals surface area contributed by atoms with Crippen molar-refractivity contribution in [1.29, 1.82) is 0 Å². The van der Waals surface area contributed by atoms with Crippen LogP contribution in [-0.4, -0.2) is 21.8 Å². The number of hydrogen-bond acceptors (Lipinski definition) is 7. The van der Waals surface area contributed by atoms with E-state index in [2.05, 4.69) is 15.9 Å². The number of alkyl halides is 3. The van der Waals surface area contributed by atoms with Gasteiger partial charge in [0.25, 0.3) is 5.91 Å². The molecule has 3 aromatic rings. The summed E-state index contributed by atoms with van der Waals surface area (Å²) in [5, 5.41) is 11.3. The van der Waals surface area contributed by atoms with E-state index in [-0.39, 0.29) is 17.4 Å². The van der Waals surface area contributed by atoms with Gasteiger partial charge in [0.15, 0.2) is 4.32 Å². The summed E-state index contributed by atoms with van der Waals surface area (Å²) in [6, 6.07) is 13.7. The lowest BCUT2D eigenvalue weighted by Gasteiger charge is -2.15. The average molecular weight is 625 g/mol. The van der Waals surface area contributed by atoms with E-state index in [0.717, 1.165) is 17.8 Å². The van der Waals surface area contributed by atoms with Crippen molar-refractivity contribution in [2.24, 2.45) is 0 Å². The van der Waals surface area contributed by atoms with Crippen LogP contribution in [0.25, 0.3) is 6.08 Å². The van der Waals surface area contributed by atoms with Gasteiger partial charge in [-0.2, -0.15) is 13.2 Å². The molecule has 1 fully saturated rings. The molecule has 0 spiro atoms. The van der Waals surface area contributed by atoms with Gasteiger partial charge < -0.3 is 9.47 Å². The predicted molar refractivity (Wildman–Crippen MR) is 146 cm³/mol. The Balaban J connectivity index is 1.55. The second-order valence-electron chi connectivity index (χ2n) is 7.67. The molecule has 0 saturated carbocycles. The molecule has 1 heterocycles. The van der Waals surface area contributed by atoms with Gasteiger partial charge in [0.2, 0.25) is 5.75 Å². The number of nitro benzene ring substituents is 1. The molecule has 0 bridgehead atoms. The topological polar surface area (TPSA) is 81.9 Å². The van der Waals surface area contributed by atoms with Crippen molar-refractivity contribution < 1.29 is 32.4 Å². The molecule has 196 valence electrons. The Labute approximate surface area is 232 Å². The Bertz CT molecular complexity index is 1460. The molecular weight excluding hydrogens is 609 g/mol. The summed E-state index contributed by atoms with van der Waals surface area (Å²) in [5.41, 5.74) is -0.789. The van der Waals surface area contributed by atoms with E-state index >= 15 is 0 Å². The molecule has 0 atom stereocenters. The molecule has 1 aliphatic rings. The molecule has 1 aliphatic heterocycles. The van der Waals surface area contributed by atoms with Crippen LogP contribution in [-0.2, 0) is 11.0 Å². The lowest BCUT2D eigenvalue weighted by Crippen LogP contribution is -2.27. The summed E-state index contributed by atoms with van der Waals surface area (Å²) in [7, 11) is 0. The van der Waals surface area contributed by atoms with E-state index in [1.807, 2.05) is 6.92 Å². The average Bonchev–Trinajstić information content (AvgIpc) is 3.13. The summed E-state index contributed by atoms with van der Waals surface area (Å²) in [4.78, 5) is 25.2. The van der Waals surface area contributed by atoms with Gasteiger partial charge in [0.05, 0.1) is 32.2 Å². The first-order valence-corrected chi connectivity index (χ1v) is 12.8. The predicted octanol–water partition coefficient (Wildman–Crippen LogP) is 7.97. The number of carbonyl (C=O) groups is 1. The first kappa shape index (κ1) is 27.6. The van der Waals surface area contributed by atoms with E-state index in [0.29, 0.717) is 49.4 Å². The van der Waals surface area contributed by atoms with E-state index < -0.39 is 22.4 Å². The zero-order valence-electron chi connectivity index (χ0n) is 19.3. The third kappa shape index (κ3) is 6.00. The molecule has 0 radical (unpaired) electrons. The lowest BCUT2D eigenvalue weighted by atomic mass is 10.1. The Morgan fingerprint density at radius 2 is 1.79 bits per heavy atom. The summed E-state index contributed by atoms with van der Waals surface area (Å²) < 4.78 is 50.6. The number of nitrogens with zero attached hydrogens (tertiary/aromatic N) is 2. The quantitative estimate of drug-likeness (QED) is 0.114. The minimum absolute atomic E-state index is 0.131. The number of hydrogen-bond donors (Lipinski definition) is 0. The molecule has 1 amide bonds. The van der Waals surface area contributed by atoms with Crippen LogP contribution in [0.3, 0.4) is 0 Å². The van der Waals surface area contributed by atoms with E-state index in [1.165, 1.54) is 11.0 Å². The summed E-state index contributed by atoms with van der Waals surface area (Å²) >= 11 is 9.85. The number of rotatable bonds is 7. The van der Waals surface area contributed by atoms with Crippen molar-refractivity contribution in [2.75, 3.05) is 11.5 Å². The SMILES string of the molecule is CCOc1ccc(N2C(=O)/C(=C\c3ccc(Oc4ccc(C(F)(F)F)cc4[N+](=O)[O-])c(Br)c3)SC2=S)cc1. The Morgan fingerprint density at radius 1 is 1.11 bits per heavy atom. The highest BCUT2D eigenvalue weighted by Gasteiger charge is 2.34. The second kappa shape index (κ2) is 11.1. The largest absolute Gasteiger partial charge is 0.494 e. The highest BCUT2D eigenvalue weighted by molar-refractivity contribution is 9.10. The van der Waals surface area contributed by atoms with Crippen LogP contribution in [0.2, 0.25) is 0 Å². The fraction of sp³-hybridized carbons (Fsp3) is 0.120. The molecule has 7 nitrogen and oxygen atoms in total. The van der Waals surface area contributed by atoms with Crippen molar-refractivity contribution in [1.82, 2.24) is 0 Å². The summed E-state index contributed by atoms with van der Waals surface area (Å²) in [6.07, 6.45) is -3.11. The number of halogens is 4. The maximum absolute atomic E-state index is 13.1. The number of nitro groups is 1. The summed E-state index contributed by atoms with van der Waals surface area (Å²) in [5.74, 6) is 0.145. The van der Waals surface area contributed by atoms with Crippen molar-refractivity contribution in [3.8, 4) is 17.2 Å². The fourth-order valence-corrected chi connectivity index (χ4v) is 5.21. The smallest absolute Gasteiger partial charge is 0.416 e. The zero-order chi connectivity index (χ0) is 27.6. The van der Waals surface area contributed by atoms with Crippen molar-refractivity contribution in [2.45, 2.75) is 13.1 Å². The fourth-order valence-electron chi connectivity index (χ4n) is 3.43. The molecule has 3 aromatic carbocycles. The lowest BCUT2D eigenvalue weighted by molar-refractivity contribution is -0.385. The van der Waals surface area contributed by atoms with Gasteiger partial charge in [0, 0.05) is 6.07 Å². The van der Waals surface area contributed by atoms with Gasteiger partial charge in [-0.15, -0.1) is 0 Å². The standard InChI is InChI=1S/C25H16BrF3N2O5S2/c1-2-35-17-7-5-16(6-8-17)30-23(32)22(38-24(30)37)12-14-3-9-20(18(26)11-14)36-21-10-4-15(25(27,28)29)13-19(21)31(33)34/h3-13H,2H2,1H3/b22-12+. The number of thioether (sulfide) groups is 1. The Hall–Kier alpha value is -3.42. The maximum Gasteiger partial charge on any atom is 0.416 e. The van der Waals surface area contributed by atoms with E-state index in [1.54, 1.807) is 42.5 Å². The first-order valence-electron chi connectivity index (χ1n) is 10.8. The number of thiocarbonyl (C=S) groups is 1. The second-order valence-corrected chi connectivity index (χ2v) is 10.2. The van der Waals surface area contributed by atoms with Crippen molar-refractivity contribution >= 4 is 67.6 Å². The first-order chi connectivity index (χ1) is 18.0. The van der Waals surface area contributed by atoms with Gasteiger partial charge in [-0.3, -0.25) is 19.8 Å². The van der Waals surface area contributed by atoms with E-state index in [4.69, 9.17) is 21.7 Å². The van der Waals surface area contributed by atoms with Gasteiger partial charge >= 0.3 is 11.9 Å². The molecule has 13 heteroatoms. The van der Waals surface area contributed by atoms with Crippen molar-refractivity contribution in [3.05, 3.63) is 91.3 Å². The number of carbonyl (C=O) groups excluding carboxylic acids is 1. The van der Waals surface area contributed by atoms with E-state index in [9.17, 15) is 28.1 Å². The monoisotopic (exact) mass is 624 g/mol.